The van der Waals surface area contributed by atoms with Crippen LogP contribution >= 0.6 is 22.9 Å². The molecule has 0 saturated carbocycles. The molecule has 1 aliphatic heterocycles. The van der Waals surface area contributed by atoms with Crippen LogP contribution in [0.1, 0.15) is 5.56 Å². The summed E-state index contributed by atoms with van der Waals surface area (Å²) in [5.74, 6) is -0.259. The van der Waals surface area contributed by atoms with Gasteiger partial charge in [0, 0.05) is 40.9 Å². The summed E-state index contributed by atoms with van der Waals surface area (Å²) >= 11 is 7.16. The number of amides is 1. The van der Waals surface area contributed by atoms with E-state index in [0.717, 1.165) is 32.4 Å². The average Bonchev–Trinajstić information content (AvgIpc) is 3.19. The van der Waals surface area contributed by atoms with E-state index in [1.165, 1.54) is 10.4 Å². The molecule has 0 aliphatic carbocycles. The van der Waals surface area contributed by atoms with Crippen molar-refractivity contribution in [3.63, 3.8) is 0 Å². The van der Waals surface area contributed by atoms with Gasteiger partial charge in [-0.2, -0.15) is 4.31 Å². The van der Waals surface area contributed by atoms with Gasteiger partial charge in [0.1, 0.15) is 4.21 Å². The maximum Gasteiger partial charge on any atom is 0.253 e. The predicted molar refractivity (Wildman–Crippen MR) is 126 cm³/mol. The second-order valence-electron chi connectivity index (χ2n) is 7.65. The Morgan fingerprint density at radius 3 is 2.56 bits per heavy atom. The van der Waals surface area contributed by atoms with Gasteiger partial charge < -0.3 is 9.88 Å². The minimum Gasteiger partial charge on any atom is -0.336 e. The van der Waals surface area contributed by atoms with E-state index in [2.05, 4.69) is 4.98 Å². The standard InChI is InChI=1S/C22H18ClN3O4S2/c23-17-5-3-16-10-22(31-19(16)11-17)32(29,30)26-8-7-25(21(28)13-26)12-14-1-2-15-4-6-20(27)24-18(15)9-14/h1-6,9-11H,7-8,12-13H2,(H,24,27). The Bertz CT molecular complexity index is 1530. The molecule has 32 heavy (non-hydrogen) atoms. The first-order valence-electron chi connectivity index (χ1n) is 9.89. The van der Waals surface area contributed by atoms with Crippen LogP contribution < -0.4 is 5.56 Å². The molecule has 1 fully saturated rings. The van der Waals surface area contributed by atoms with Crippen molar-refractivity contribution in [1.82, 2.24) is 14.2 Å². The van der Waals surface area contributed by atoms with Crippen LogP contribution in [-0.4, -0.2) is 48.1 Å². The first-order chi connectivity index (χ1) is 15.3. The maximum atomic E-state index is 13.1. The number of fused-ring (bicyclic) bond motifs is 2. The SMILES string of the molecule is O=C1CN(S(=O)(=O)c2cc3ccc(Cl)cc3s2)CCN1Cc1ccc2ccc(=O)[nH]c2c1. The first kappa shape index (κ1) is 21.1. The van der Waals surface area contributed by atoms with Gasteiger partial charge in [-0.1, -0.05) is 29.8 Å². The summed E-state index contributed by atoms with van der Waals surface area (Å²) in [6, 6.07) is 15.7. The number of pyridine rings is 1. The molecule has 2 aromatic heterocycles. The number of aromatic amines is 1. The smallest absolute Gasteiger partial charge is 0.253 e. The molecule has 0 bridgehead atoms. The number of halogens is 1. The number of carbonyl (C=O) groups excluding carboxylic acids is 1. The van der Waals surface area contributed by atoms with Crippen LogP contribution in [-0.2, 0) is 21.4 Å². The molecule has 1 amide bonds. The van der Waals surface area contributed by atoms with Crippen LogP contribution in [0.4, 0.5) is 0 Å². The number of thiophene rings is 1. The summed E-state index contributed by atoms with van der Waals surface area (Å²) in [7, 11) is -3.78. The molecule has 4 aromatic rings. The van der Waals surface area contributed by atoms with Crippen LogP contribution in [0, 0.1) is 0 Å². The molecular weight excluding hydrogens is 470 g/mol. The molecule has 0 unspecified atom stereocenters. The molecule has 7 nitrogen and oxygen atoms in total. The highest BCUT2D eigenvalue weighted by Gasteiger charge is 2.33. The number of carbonyl (C=O) groups is 1. The topological polar surface area (TPSA) is 90.6 Å². The van der Waals surface area contributed by atoms with Gasteiger partial charge in [0.15, 0.2) is 0 Å². The van der Waals surface area contributed by atoms with Crippen molar-refractivity contribution in [2.75, 3.05) is 19.6 Å². The van der Waals surface area contributed by atoms with Crippen LogP contribution in [0.3, 0.4) is 0 Å². The average molecular weight is 488 g/mol. The number of piperazine rings is 1. The summed E-state index contributed by atoms with van der Waals surface area (Å²) in [5.41, 5.74) is 1.38. The first-order valence-corrected chi connectivity index (χ1v) is 12.5. The molecule has 1 aliphatic rings. The molecular formula is C22H18ClN3O4S2. The van der Waals surface area contributed by atoms with E-state index >= 15 is 0 Å². The summed E-state index contributed by atoms with van der Waals surface area (Å²) < 4.78 is 28.5. The van der Waals surface area contributed by atoms with Gasteiger partial charge in [-0.25, -0.2) is 8.42 Å². The highest BCUT2D eigenvalue weighted by Crippen LogP contribution is 2.33. The molecule has 5 rings (SSSR count). The van der Waals surface area contributed by atoms with E-state index in [4.69, 9.17) is 11.6 Å². The lowest BCUT2D eigenvalue weighted by molar-refractivity contribution is -0.134. The predicted octanol–water partition coefficient (Wildman–Crippen LogP) is 3.43. The number of aromatic nitrogens is 1. The minimum absolute atomic E-state index is 0.187. The van der Waals surface area contributed by atoms with E-state index in [0.29, 0.717) is 17.1 Å². The number of benzene rings is 2. The third kappa shape index (κ3) is 3.93. The highest BCUT2D eigenvalue weighted by atomic mass is 35.5. The molecule has 10 heteroatoms. The summed E-state index contributed by atoms with van der Waals surface area (Å²) in [6.07, 6.45) is 0. The fourth-order valence-electron chi connectivity index (χ4n) is 3.81. The van der Waals surface area contributed by atoms with E-state index in [9.17, 15) is 18.0 Å². The number of nitrogens with one attached hydrogen (secondary N) is 1. The van der Waals surface area contributed by atoms with Crippen molar-refractivity contribution in [2.45, 2.75) is 10.8 Å². The van der Waals surface area contributed by atoms with Crippen molar-refractivity contribution in [3.8, 4) is 0 Å². The minimum atomic E-state index is -3.78. The third-order valence-electron chi connectivity index (χ3n) is 5.50. The van der Waals surface area contributed by atoms with Gasteiger partial charge in [-0.3, -0.25) is 9.59 Å². The van der Waals surface area contributed by atoms with Gasteiger partial charge in [-0.05, 0) is 46.7 Å². The molecule has 1 saturated heterocycles. The molecule has 0 radical (unpaired) electrons. The van der Waals surface area contributed by atoms with Crippen LogP contribution in [0.25, 0.3) is 21.0 Å². The maximum absolute atomic E-state index is 13.1. The number of nitrogens with zero attached hydrogens (tertiary/aromatic N) is 2. The zero-order valence-corrected chi connectivity index (χ0v) is 19.1. The molecule has 3 heterocycles. The van der Waals surface area contributed by atoms with Crippen LogP contribution in [0.2, 0.25) is 5.02 Å². The lowest BCUT2D eigenvalue weighted by Crippen LogP contribution is -2.51. The van der Waals surface area contributed by atoms with Crippen molar-refractivity contribution in [2.24, 2.45) is 0 Å². The Labute approximate surface area is 192 Å². The fraction of sp³-hybridized carbons (Fsp3) is 0.182. The lowest BCUT2D eigenvalue weighted by Gasteiger charge is -2.33. The van der Waals surface area contributed by atoms with Crippen molar-refractivity contribution >= 4 is 59.9 Å². The second-order valence-corrected chi connectivity index (χ2v) is 11.3. The van der Waals surface area contributed by atoms with Gasteiger partial charge in [0.05, 0.1) is 6.54 Å². The third-order valence-corrected chi connectivity index (χ3v) is 9.13. The Balaban J connectivity index is 1.33. The summed E-state index contributed by atoms with van der Waals surface area (Å²) in [5, 5.41) is 2.25. The number of hydrogen-bond acceptors (Lipinski definition) is 5. The van der Waals surface area contributed by atoms with E-state index in [-0.39, 0.29) is 35.3 Å². The molecule has 2 aromatic carbocycles. The summed E-state index contributed by atoms with van der Waals surface area (Å²) in [6.45, 7) is 0.647. The summed E-state index contributed by atoms with van der Waals surface area (Å²) in [4.78, 5) is 28.8. The van der Waals surface area contributed by atoms with E-state index in [1.807, 2.05) is 18.2 Å². The monoisotopic (exact) mass is 487 g/mol. The highest BCUT2D eigenvalue weighted by molar-refractivity contribution is 7.91. The van der Waals surface area contributed by atoms with E-state index in [1.54, 1.807) is 35.2 Å². The largest absolute Gasteiger partial charge is 0.336 e. The molecule has 1 N–H and O–H groups in total. The Morgan fingerprint density at radius 2 is 1.75 bits per heavy atom. The Hall–Kier alpha value is -2.72. The van der Waals surface area contributed by atoms with Crippen molar-refractivity contribution in [3.05, 3.63) is 75.5 Å². The number of sulfonamides is 1. The van der Waals surface area contributed by atoms with Crippen molar-refractivity contribution in [1.29, 1.82) is 0 Å². The fourth-order valence-corrected chi connectivity index (χ4v) is 7.02. The quantitative estimate of drug-likeness (QED) is 0.477. The lowest BCUT2D eigenvalue weighted by atomic mass is 10.1. The normalized spacial score (nSPS) is 15.7. The number of rotatable bonds is 4. The van der Waals surface area contributed by atoms with Gasteiger partial charge in [0.25, 0.3) is 10.0 Å². The molecule has 0 atom stereocenters. The second kappa shape index (κ2) is 8.00. The number of hydrogen-bond donors (Lipinski definition) is 1. The van der Waals surface area contributed by atoms with Gasteiger partial charge >= 0.3 is 0 Å². The van der Waals surface area contributed by atoms with Crippen molar-refractivity contribution < 1.29 is 13.2 Å². The molecule has 164 valence electrons. The Kier molecular flexibility index (Phi) is 5.29. The van der Waals surface area contributed by atoms with Crippen LogP contribution in [0.15, 0.2) is 63.6 Å². The van der Waals surface area contributed by atoms with Gasteiger partial charge in [-0.15, -0.1) is 11.3 Å². The zero-order chi connectivity index (χ0) is 22.5. The number of H-pyrrole nitrogens is 1. The molecule has 0 spiro atoms. The van der Waals surface area contributed by atoms with Crippen LogP contribution in [0.5, 0.6) is 0 Å². The zero-order valence-electron chi connectivity index (χ0n) is 16.7. The Morgan fingerprint density at radius 1 is 0.969 bits per heavy atom. The van der Waals surface area contributed by atoms with Gasteiger partial charge in [0.2, 0.25) is 11.5 Å². The van der Waals surface area contributed by atoms with E-state index < -0.39 is 10.0 Å².